The summed E-state index contributed by atoms with van der Waals surface area (Å²) in [4.78, 5) is 24.2. The van der Waals surface area contributed by atoms with Gasteiger partial charge in [-0.2, -0.15) is 30.6 Å². The van der Waals surface area contributed by atoms with Crippen molar-refractivity contribution in [3.63, 3.8) is 0 Å². The molecule has 2 unspecified atom stereocenters. The maximum Gasteiger partial charge on any atom is 0.490 e. The van der Waals surface area contributed by atoms with Crippen LogP contribution >= 0.6 is 0 Å². The Bertz CT molecular complexity index is 1200. The van der Waals surface area contributed by atoms with Crippen LogP contribution < -0.4 is 4.74 Å². The first kappa shape index (κ1) is 30.8. The second-order valence-electron chi connectivity index (χ2n) is 7.89. The van der Waals surface area contributed by atoms with Gasteiger partial charge in [0.15, 0.2) is 0 Å². The predicted octanol–water partition coefficient (Wildman–Crippen LogP) is 2.61. The van der Waals surface area contributed by atoms with E-state index in [2.05, 4.69) is 9.88 Å². The number of hydrogen-bond donors (Lipinski definition) is 2. The third kappa shape index (κ3) is 8.03. The molecule has 210 valence electrons. The van der Waals surface area contributed by atoms with E-state index < -0.39 is 34.3 Å². The summed E-state index contributed by atoms with van der Waals surface area (Å²) in [5.74, 6) is -5.31. The Labute approximate surface area is 212 Å². The Hall–Kier alpha value is -3.44. The van der Waals surface area contributed by atoms with Gasteiger partial charge in [0.1, 0.15) is 11.0 Å². The molecule has 2 aliphatic rings. The van der Waals surface area contributed by atoms with Crippen molar-refractivity contribution in [2.24, 2.45) is 0 Å². The van der Waals surface area contributed by atoms with Gasteiger partial charge in [-0.15, -0.1) is 0 Å². The number of alkyl halides is 6. The molecule has 4 rings (SSSR count). The van der Waals surface area contributed by atoms with E-state index >= 15 is 0 Å². The first-order valence-corrected chi connectivity index (χ1v) is 11.8. The number of nitrogens with zero attached hydrogens (tertiary/aromatic N) is 3. The molecule has 2 N–H and O–H groups in total. The van der Waals surface area contributed by atoms with E-state index in [-0.39, 0.29) is 22.9 Å². The van der Waals surface area contributed by atoms with Gasteiger partial charge in [-0.1, -0.05) is 30.3 Å². The van der Waals surface area contributed by atoms with Gasteiger partial charge in [-0.05, 0) is 24.7 Å². The lowest BCUT2D eigenvalue weighted by atomic mass is 10.1. The minimum Gasteiger partial charge on any atom is -0.475 e. The number of pyridine rings is 1. The fourth-order valence-corrected chi connectivity index (χ4v) is 5.11. The number of carboxylic acids is 2. The monoisotopic (exact) mass is 573 g/mol. The zero-order valence-electron chi connectivity index (χ0n) is 19.3. The van der Waals surface area contributed by atoms with E-state index in [9.17, 15) is 34.8 Å². The summed E-state index contributed by atoms with van der Waals surface area (Å²) in [5, 5.41) is 14.2. The first-order valence-electron chi connectivity index (χ1n) is 10.4. The number of fused-ring (bicyclic) bond motifs is 2. The number of likely N-dealkylation sites (N-methyl/N-ethyl adjacent to an activating group) is 1. The van der Waals surface area contributed by atoms with E-state index in [1.165, 1.54) is 0 Å². The Morgan fingerprint density at radius 3 is 2.00 bits per heavy atom. The van der Waals surface area contributed by atoms with Gasteiger partial charge in [-0.3, -0.25) is 0 Å². The van der Waals surface area contributed by atoms with Gasteiger partial charge in [-0.25, -0.2) is 23.0 Å². The number of halogens is 6. The average Bonchev–Trinajstić information content (AvgIpc) is 3.13. The summed E-state index contributed by atoms with van der Waals surface area (Å²) in [7, 11) is -1.70. The van der Waals surface area contributed by atoms with Crippen molar-refractivity contribution in [2.45, 2.75) is 35.9 Å². The van der Waals surface area contributed by atoms with Crippen molar-refractivity contribution in [1.29, 1.82) is 0 Å². The molecule has 10 nitrogen and oxygen atoms in total. The molecular formula is C21H21F6N3O7S. The Kier molecular flexibility index (Phi) is 9.68. The van der Waals surface area contributed by atoms with E-state index in [4.69, 9.17) is 24.5 Å². The molecule has 2 aromatic rings. The molecule has 1 saturated heterocycles. The van der Waals surface area contributed by atoms with E-state index in [1.807, 2.05) is 37.4 Å². The molecule has 0 spiro atoms. The molecule has 0 bridgehead atoms. The molecule has 2 atom stereocenters. The van der Waals surface area contributed by atoms with E-state index in [1.54, 1.807) is 22.6 Å². The Morgan fingerprint density at radius 1 is 0.974 bits per heavy atom. The zero-order chi connectivity index (χ0) is 28.9. The van der Waals surface area contributed by atoms with Gasteiger partial charge >= 0.3 is 24.3 Å². The second-order valence-corrected chi connectivity index (χ2v) is 9.75. The van der Waals surface area contributed by atoms with Gasteiger partial charge in [0.2, 0.25) is 15.9 Å². The van der Waals surface area contributed by atoms with Crippen molar-refractivity contribution < 1.29 is 59.3 Å². The Balaban J connectivity index is 0.000000301. The molecule has 38 heavy (non-hydrogen) atoms. The van der Waals surface area contributed by atoms with Crippen LogP contribution in [0, 0.1) is 0 Å². The molecule has 3 heterocycles. The maximum absolute atomic E-state index is 13.3. The normalized spacial score (nSPS) is 20.7. The van der Waals surface area contributed by atoms with Crippen LogP contribution in [0.15, 0.2) is 53.6 Å². The number of rotatable bonds is 2. The summed E-state index contributed by atoms with van der Waals surface area (Å²) >= 11 is 0. The molecule has 0 saturated carbocycles. The van der Waals surface area contributed by atoms with Crippen LogP contribution in [-0.4, -0.2) is 89.4 Å². The minimum absolute atomic E-state index is 0.151. The van der Waals surface area contributed by atoms with Crippen LogP contribution in [0.3, 0.4) is 0 Å². The topological polar surface area (TPSA) is 137 Å². The number of carboxylic acid groups (broad SMARTS) is 2. The quantitative estimate of drug-likeness (QED) is 0.520. The van der Waals surface area contributed by atoms with Gasteiger partial charge in [0.05, 0.1) is 6.04 Å². The van der Waals surface area contributed by atoms with Gasteiger partial charge in [0.25, 0.3) is 0 Å². The predicted molar refractivity (Wildman–Crippen MR) is 116 cm³/mol. The molecule has 2 aliphatic heterocycles. The highest BCUT2D eigenvalue weighted by Crippen LogP contribution is 2.35. The lowest BCUT2D eigenvalue weighted by Gasteiger charge is -2.28. The maximum atomic E-state index is 13.3. The lowest BCUT2D eigenvalue weighted by Crippen LogP contribution is -2.46. The summed E-state index contributed by atoms with van der Waals surface area (Å²) < 4.78 is 97.6. The van der Waals surface area contributed by atoms with Crippen LogP contribution in [-0.2, 0) is 26.2 Å². The van der Waals surface area contributed by atoms with Gasteiger partial charge < -0.3 is 19.8 Å². The minimum atomic E-state index is -5.08. The van der Waals surface area contributed by atoms with Crippen molar-refractivity contribution in [3.05, 3.63) is 54.2 Å². The molecule has 0 amide bonds. The third-order valence-electron chi connectivity index (χ3n) is 5.04. The highest BCUT2D eigenvalue weighted by molar-refractivity contribution is 7.89. The standard InChI is InChI=1S/C17H19N3O3S.2C2HF3O2/c1-19-11-14-15(12-19)23-17-16(8-5-9-18-17)24(21,22)20(14)10-13-6-3-2-4-7-13;2*3-2(4,5)1(6)7/h2-9,14-15H,10-12H2,1H3;2*(H,6,7). The molecule has 0 aliphatic carbocycles. The summed E-state index contributed by atoms with van der Waals surface area (Å²) in [5.41, 5.74) is 0.960. The number of sulfonamides is 1. The van der Waals surface area contributed by atoms with Crippen LogP contribution in [0.1, 0.15) is 5.56 Å². The van der Waals surface area contributed by atoms with E-state index in [0.29, 0.717) is 19.6 Å². The zero-order valence-corrected chi connectivity index (χ0v) is 20.2. The smallest absolute Gasteiger partial charge is 0.475 e. The lowest BCUT2D eigenvalue weighted by molar-refractivity contribution is -0.193. The van der Waals surface area contributed by atoms with Crippen molar-refractivity contribution in [3.8, 4) is 5.88 Å². The summed E-state index contributed by atoms with van der Waals surface area (Å²) in [6.45, 7) is 1.65. The first-order chi connectivity index (χ1) is 17.4. The van der Waals surface area contributed by atoms with Gasteiger partial charge in [0, 0.05) is 25.8 Å². The molecule has 17 heteroatoms. The number of aliphatic carboxylic acids is 2. The van der Waals surface area contributed by atoms with Crippen molar-refractivity contribution >= 4 is 22.0 Å². The number of hydrogen-bond acceptors (Lipinski definition) is 7. The van der Waals surface area contributed by atoms with Crippen molar-refractivity contribution in [1.82, 2.24) is 14.2 Å². The number of ether oxygens (including phenoxy) is 1. The van der Waals surface area contributed by atoms with Crippen LogP contribution in [0.25, 0.3) is 0 Å². The number of aromatic nitrogens is 1. The second kappa shape index (κ2) is 12.0. The number of likely N-dealkylation sites (tertiary alicyclic amines) is 1. The fourth-order valence-electron chi connectivity index (χ4n) is 3.41. The highest BCUT2D eigenvalue weighted by Gasteiger charge is 2.46. The molecule has 0 radical (unpaired) electrons. The molecule has 1 aromatic carbocycles. The average molecular weight is 573 g/mol. The van der Waals surface area contributed by atoms with Crippen LogP contribution in [0.5, 0.6) is 5.88 Å². The summed E-state index contributed by atoms with van der Waals surface area (Å²) in [6, 6.07) is 12.6. The Morgan fingerprint density at radius 2 is 1.50 bits per heavy atom. The SMILES string of the molecule is CN1CC2Oc3ncccc3S(=O)(=O)N(Cc3ccccc3)C2C1.O=C(O)C(F)(F)F.O=C(O)C(F)(F)F. The number of carbonyl (C=O) groups is 2. The molecular weight excluding hydrogens is 552 g/mol. The van der Waals surface area contributed by atoms with Crippen molar-refractivity contribution in [2.75, 3.05) is 20.1 Å². The molecule has 1 fully saturated rings. The van der Waals surface area contributed by atoms with E-state index in [0.717, 1.165) is 5.56 Å². The largest absolute Gasteiger partial charge is 0.490 e. The third-order valence-corrected chi connectivity index (χ3v) is 6.93. The molecule has 1 aromatic heterocycles. The van der Waals surface area contributed by atoms with Crippen LogP contribution in [0.2, 0.25) is 0 Å². The highest BCUT2D eigenvalue weighted by atomic mass is 32.2. The summed E-state index contributed by atoms with van der Waals surface area (Å²) in [6.07, 6.45) is -8.82. The van der Waals surface area contributed by atoms with Crippen LogP contribution in [0.4, 0.5) is 26.3 Å². The fraction of sp³-hybridized carbons (Fsp3) is 0.381. The number of benzene rings is 1.